The molecule has 0 aliphatic heterocycles. The molecule has 2 saturated carbocycles. The van der Waals surface area contributed by atoms with Gasteiger partial charge in [-0.3, -0.25) is 4.79 Å². The summed E-state index contributed by atoms with van der Waals surface area (Å²) in [6.45, 7) is 8.85. The Hall–Kier alpha value is 0.948. The molecule has 0 amide bonds. The fraction of sp³-hybridized carbons (Fsp3) is 0.630. The zero-order valence-electron chi connectivity index (χ0n) is 22.3. The van der Waals surface area contributed by atoms with Crippen LogP contribution in [0.3, 0.4) is 0 Å². The maximum absolute atomic E-state index is 11.5. The molecule has 11 heteroatoms. The summed E-state index contributed by atoms with van der Waals surface area (Å²) in [5, 5.41) is 4.11. The van der Waals surface area contributed by atoms with E-state index in [0.717, 1.165) is 42.9 Å². The number of carbonyl (C=O) groups excluding carboxylic acids is 1. The molecule has 211 valence electrons. The van der Waals surface area contributed by atoms with Crippen LogP contribution in [0.25, 0.3) is 0 Å². The third-order valence-corrected chi connectivity index (χ3v) is 6.02. The van der Waals surface area contributed by atoms with Crippen LogP contribution in [0.5, 0.6) is 0 Å². The summed E-state index contributed by atoms with van der Waals surface area (Å²) in [7, 11) is 1.61. The zero-order valence-corrected chi connectivity index (χ0v) is 31.0. The van der Waals surface area contributed by atoms with E-state index in [1.165, 1.54) is 0 Å². The topological polar surface area (TPSA) is 130 Å². The Kier molecular flexibility index (Phi) is 27.2. The van der Waals surface area contributed by atoms with Gasteiger partial charge in [0.15, 0.2) is 0 Å². The molecule has 8 nitrogen and oxygen atoms in total. The van der Waals surface area contributed by atoms with Gasteiger partial charge in [-0.05, 0) is 60.8 Å². The summed E-state index contributed by atoms with van der Waals surface area (Å²) >= 11 is 4.28. The number of carbonyl (C=O) groups is 1. The number of rotatable bonds is 3. The van der Waals surface area contributed by atoms with E-state index in [2.05, 4.69) is 61.1 Å². The molecular formula is C27H46AcClKN2O6. The Morgan fingerprint density at radius 2 is 1.37 bits per heavy atom. The first-order valence-electron chi connectivity index (χ1n) is 11.2. The van der Waals surface area contributed by atoms with Crippen LogP contribution in [0.1, 0.15) is 104 Å². The van der Waals surface area contributed by atoms with Crippen LogP contribution in [-0.2, 0) is 14.0 Å². The van der Waals surface area contributed by atoms with Crippen LogP contribution in [0.15, 0.2) is 50.8 Å². The van der Waals surface area contributed by atoms with Gasteiger partial charge in [-0.2, -0.15) is 10.3 Å². The summed E-state index contributed by atoms with van der Waals surface area (Å²) in [6.07, 6.45) is 8.94. The number of nitrogens with zero attached hydrogens (tertiary/aromatic N) is 1. The van der Waals surface area contributed by atoms with E-state index < -0.39 is 0 Å². The van der Waals surface area contributed by atoms with Crippen molar-refractivity contribution in [1.82, 2.24) is 0 Å². The summed E-state index contributed by atoms with van der Waals surface area (Å²) < 4.78 is 14.1. The normalized spacial score (nSPS) is 21.6. The van der Waals surface area contributed by atoms with Crippen molar-refractivity contribution in [3.8, 4) is 0 Å². The number of furan rings is 2. The minimum atomic E-state index is 0. The number of Topliss-reactive ketones (excluding diaryl/α,β-unsaturated/α-hetero) is 1. The van der Waals surface area contributed by atoms with Gasteiger partial charge in [-0.1, -0.05) is 47.7 Å². The van der Waals surface area contributed by atoms with Gasteiger partial charge in [0, 0.05) is 68.7 Å². The minimum Gasteiger partial charge on any atom is -0.870 e. The number of hydrogen-bond acceptors (Lipinski definition) is 8. The van der Waals surface area contributed by atoms with Crippen molar-refractivity contribution >= 4 is 23.4 Å². The number of ketones is 1. The van der Waals surface area contributed by atoms with Crippen molar-refractivity contribution < 1.29 is 124 Å². The summed E-state index contributed by atoms with van der Waals surface area (Å²) in [6, 6.07) is 7.86. The molecule has 3 N–H and O–H groups in total. The van der Waals surface area contributed by atoms with Gasteiger partial charge in [0.1, 0.15) is 24.4 Å². The molecule has 2 aliphatic rings. The Morgan fingerprint density at radius 3 is 1.74 bits per heavy atom. The maximum atomic E-state index is 11.5. The van der Waals surface area contributed by atoms with Gasteiger partial charge in [0.05, 0.1) is 30.1 Å². The van der Waals surface area contributed by atoms with E-state index in [1.807, 2.05) is 18.2 Å². The molecule has 2 unspecified atom stereocenters. The standard InChI is InChI=1S/C13H19NO2.C12H16O2.2CH4.Ac.ClH2NO.K.H2O/c1-13(2)8-10(12-5-4-6-16-12)7-11(9-13)14-15-3;1-12(2)7-9(6-10(13)8-12)11-4-3-5-14-11;;;;1-3-2;;/h4-6,10H,7-9H2,1-3H3;3-5,9H,6-8H2,1-2H3;2*1H4;;2H2;;1H2/q;;;;;;+1;/p-1/b14-11-;;;;;;;. The van der Waals surface area contributed by atoms with Crippen LogP contribution in [0.4, 0.5) is 0 Å². The van der Waals surface area contributed by atoms with E-state index in [0.29, 0.717) is 30.5 Å². The Morgan fingerprint density at radius 1 is 0.947 bits per heavy atom. The van der Waals surface area contributed by atoms with Gasteiger partial charge in [0.25, 0.3) is 0 Å². The number of hydrogen-bond donors (Lipinski definition) is 1. The molecule has 2 fully saturated rings. The Labute approximate surface area is 312 Å². The van der Waals surface area contributed by atoms with Crippen molar-refractivity contribution in [2.24, 2.45) is 21.9 Å². The first-order chi connectivity index (χ1) is 15.6. The maximum Gasteiger partial charge on any atom is 1.00 e. The second-order valence-electron chi connectivity index (χ2n) is 10.4. The third-order valence-electron chi connectivity index (χ3n) is 6.02. The molecule has 1 radical (unpaired) electrons. The molecule has 4 rings (SSSR count). The van der Waals surface area contributed by atoms with Crippen molar-refractivity contribution in [3.05, 3.63) is 48.3 Å². The fourth-order valence-corrected chi connectivity index (χ4v) is 5.06. The van der Waals surface area contributed by atoms with Crippen LogP contribution < -0.4 is 57.3 Å². The molecule has 2 atom stereocenters. The molecule has 0 aromatic carbocycles. The van der Waals surface area contributed by atoms with E-state index in [4.69, 9.17) is 13.7 Å². The minimum absolute atomic E-state index is 0. The number of oxime groups is 1. The second-order valence-corrected chi connectivity index (χ2v) is 10.6. The van der Waals surface area contributed by atoms with Crippen LogP contribution >= 0.6 is 11.9 Å². The van der Waals surface area contributed by atoms with E-state index >= 15 is 0 Å². The molecule has 0 spiro atoms. The molecule has 0 bridgehead atoms. The molecule has 0 saturated heterocycles. The van der Waals surface area contributed by atoms with Gasteiger partial charge < -0.3 is 19.1 Å². The molecule has 2 aliphatic carbocycles. The number of halogens is 1. The van der Waals surface area contributed by atoms with E-state index in [-0.39, 0.29) is 127 Å². The quantitative estimate of drug-likeness (QED) is 0.348. The Bertz CT molecular complexity index is 876. The molecular weight excluding hydrogens is 750 g/mol. The molecule has 2 heterocycles. The first kappa shape index (κ1) is 45.9. The van der Waals surface area contributed by atoms with E-state index in [9.17, 15) is 4.79 Å². The average Bonchev–Trinajstić information content (AvgIpc) is 3.41. The van der Waals surface area contributed by atoms with Crippen LogP contribution in [0.2, 0.25) is 0 Å². The van der Waals surface area contributed by atoms with Gasteiger partial charge in [-0.15, -0.1) is 0 Å². The largest absolute Gasteiger partial charge is 1.00 e. The van der Waals surface area contributed by atoms with Gasteiger partial charge >= 0.3 is 51.4 Å². The predicted molar refractivity (Wildman–Crippen MR) is 144 cm³/mol. The summed E-state index contributed by atoms with van der Waals surface area (Å²) in [5.41, 5.74) is 1.54. The first-order valence-corrected chi connectivity index (χ1v) is 11.5. The fourth-order valence-electron chi connectivity index (χ4n) is 5.06. The van der Waals surface area contributed by atoms with E-state index in [1.54, 1.807) is 19.6 Å². The monoisotopic (exact) mass is 795 g/mol. The van der Waals surface area contributed by atoms with Crippen molar-refractivity contribution in [3.63, 3.8) is 0 Å². The predicted octanol–water partition coefficient (Wildman–Crippen LogP) is 4.85. The average molecular weight is 796 g/mol. The van der Waals surface area contributed by atoms with Crippen molar-refractivity contribution in [2.45, 2.75) is 92.9 Å². The summed E-state index contributed by atoms with van der Waals surface area (Å²) in [5.74, 6) is 7.24. The molecule has 2 aromatic heterocycles. The smallest absolute Gasteiger partial charge is 0.870 e. The molecule has 38 heavy (non-hydrogen) atoms. The molecule has 2 aromatic rings. The van der Waals surface area contributed by atoms with Gasteiger partial charge in [0.2, 0.25) is 0 Å². The third kappa shape index (κ3) is 16.4. The summed E-state index contributed by atoms with van der Waals surface area (Å²) in [4.78, 5) is 16.4. The van der Waals surface area contributed by atoms with Crippen molar-refractivity contribution in [1.29, 1.82) is 0 Å². The van der Waals surface area contributed by atoms with Gasteiger partial charge in [-0.25, -0.2) is 0 Å². The SMILES string of the molecule is C.C.CC1(C)CC(=O)CC(c2ccco2)C1.CO/N=C1/CC(c2ccco2)CC(C)(C)C1.NOCl.[Ac].[K+].[OH-]. The number of nitrogens with two attached hydrogens (primary N) is 1. The van der Waals surface area contributed by atoms with Crippen molar-refractivity contribution in [2.75, 3.05) is 7.11 Å². The zero-order chi connectivity index (χ0) is 24.5. The Balaban J connectivity index is -0.000000247. The second kappa shape index (κ2) is 22.5. The van der Waals surface area contributed by atoms with Crippen LogP contribution in [-0.4, -0.2) is 24.1 Å². The van der Waals surface area contributed by atoms with Crippen LogP contribution in [0, 0.1) is 54.9 Å².